The van der Waals surface area contributed by atoms with Gasteiger partial charge in [-0.25, -0.2) is 8.42 Å². The number of carbonyl (C=O) groups is 1. The van der Waals surface area contributed by atoms with Crippen LogP contribution in [0.4, 0.5) is 0 Å². The van der Waals surface area contributed by atoms with Crippen molar-refractivity contribution in [3.8, 4) is 17.0 Å². The summed E-state index contributed by atoms with van der Waals surface area (Å²) in [6.07, 6.45) is 4.07. The van der Waals surface area contributed by atoms with E-state index in [-0.39, 0.29) is 12.0 Å². The maximum absolute atomic E-state index is 12.9. The molecule has 190 valence electrons. The zero-order chi connectivity index (χ0) is 25.7. The molecule has 8 heteroatoms. The molecule has 0 unspecified atom stereocenters. The lowest BCUT2D eigenvalue weighted by molar-refractivity contribution is 0.0638. The third-order valence-corrected chi connectivity index (χ3v) is 7.38. The molecular formula is C28H33N3O4S. The molecule has 0 saturated carbocycles. The second-order valence-corrected chi connectivity index (χ2v) is 11.4. The molecule has 0 radical (unpaired) electrons. The summed E-state index contributed by atoms with van der Waals surface area (Å²) in [5, 5.41) is 0. The number of carbonyl (C=O) groups excluding carboxylic acids is 1. The number of sulfone groups is 1. The number of rotatable bonds is 8. The smallest absolute Gasteiger partial charge is 0.253 e. The average Bonchev–Trinajstić information content (AvgIpc) is 2.87. The summed E-state index contributed by atoms with van der Waals surface area (Å²) in [4.78, 5) is 22.0. The van der Waals surface area contributed by atoms with Crippen molar-refractivity contribution in [1.82, 2.24) is 14.8 Å². The number of hydrogen-bond donors (Lipinski definition) is 0. The quantitative estimate of drug-likeness (QED) is 0.460. The Bertz CT molecular complexity index is 1260. The van der Waals surface area contributed by atoms with Crippen molar-refractivity contribution in [3.05, 3.63) is 78.0 Å². The van der Waals surface area contributed by atoms with Crippen LogP contribution < -0.4 is 4.74 Å². The molecular weight excluding hydrogens is 474 g/mol. The van der Waals surface area contributed by atoms with Gasteiger partial charge >= 0.3 is 0 Å². The van der Waals surface area contributed by atoms with E-state index in [1.54, 1.807) is 24.3 Å². The van der Waals surface area contributed by atoms with Gasteiger partial charge in [-0.2, -0.15) is 0 Å². The SMILES string of the molecule is CC(C)Oc1ccc(C(=O)N2CCN(CCc3ccc(-c4ccc(S(C)(=O)=O)cc4)nc3)CC2)cc1. The number of ether oxygens (including phenoxy) is 1. The monoisotopic (exact) mass is 507 g/mol. The Morgan fingerprint density at radius 3 is 2.17 bits per heavy atom. The van der Waals surface area contributed by atoms with Gasteiger partial charge in [0.15, 0.2) is 9.84 Å². The highest BCUT2D eigenvalue weighted by Crippen LogP contribution is 2.20. The number of amides is 1. The number of nitrogens with zero attached hydrogens (tertiary/aromatic N) is 3. The predicted octanol–water partition coefficient (Wildman–Crippen LogP) is 3.94. The summed E-state index contributed by atoms with van der Waals surface area (Å²) in [6, 6.07) is 18.2. The number of pyridine rings is 1. The Balaban J connectivity index is 1.25. The fraction of sp³-hybridized carbons (Fsp3) is 0.357. The molecule has 1 amide bonds. The van der Waals surface area contributed by atoms with E-state index >= 15 is 0 Å². The van der Waals surface area contributed by atoms with E-state index in [1.165, 1.54) is 6.26 Å². The Morgan fingerprint density at radius 2 is 1.61 bits per heavy atom. The Hall–Kier alpha value is -3.23. The van der Waals surface area contributed by atoms with Gasteiger partial charge in [-0.3, -0.25) is 14.7 Å². The third kappa shape index (κ3) is 6.71. The van der Waals surface area contributed by atoms with Crippen LogP contribution in [0.2, 0.25) is 0 Å². The highest BCUT2D eigenvalue weighted by atomic mass is 32.2. The van der Waals surface area contributed by atoms with Gasteiger partial charge in [0.25, 0.3) is 5.91 Å². The van der Waals surface area contributed by atoms with Gasteiger partial charge in [0.05, 0.1) is 16.7 Å². The van der Waals surface area contributed by atoms with E-state index in [0.29, 0.717) is 23.5 Å². The standard InChI is InChI=1S/C28H33N3O4S/c1-21(2)35-25-9-5-24(6-10-25)28(32)31-18-16-30(17-19-31)15-14-22-4-13-27(29-20-22)23-7-11-26(12-8-23)36(3,33)34/h4-13,20-21H,14-19H2,1-3H3. The van der Waals surface area contributed by atoms with Crippen molar-refractivity contribution < 1.29 is 17.9 Å². The molecule has 1 saturated heterocycles. The van der Waals surface area contributed by atoms with Crippen molar-refractivity contribution in [2.75, 3.05) is 39.0 Å². The van der Waals surface area contributed by atoms with Crippen molar-refractivity contribution in [1.29, 1.82) is 0 Å². The van der Waals surface area contributed by atoms with Crippen LogP contribution in [0.3, 0.4) is 0 Å². The summed E-state index contributed by atoms with van der Waals surface area (Å²) in [7, 11) is -3.21. The van der Waals surface area contributed by atoms with E-state index in [9.17, 15) is 13.2 Å². The summed E-state index contributed by atoms with van der Waals surface area (Å²) < 4.78 is 28.9. The van der Waals surface area contributed by atoms with Gasteiger partial charge < -0.3 is 9.64 Å². The second-order valence-electron chi connectivity index (χ2n) is 9.42. The molecule has 3 aromatic rings. The Morgan fingerprint density at radius 1 is 0.944 bits per heavy atom. The zero-order valence-electron chi connectivity index (χ0n) is 21.1. The van der Waals surface area contributed by atoms with Crippen molar-refractivity contribution in [2.24, 2.45) is 0 Å². The first kappa shape index (κ1) is 25.9. The maximum Gasteiger partial charge on any atom is 0.253 e. The number of benzene rings is 2. The molecule has 0 bridgehead atoms. The van der Waals surface area contributed by atoms with Gasteiger partial charge in [0, 0.05) is 56.3 Å². The van der Waals surface area contributed by atoms with E-state index in [4.69, 9.17) is 4.74 Å². The number of hydrogen-bond acceptors (Lipinski definition) is 6. The fourth-order valence-corrected chi connectivity index (χ4v) is 4.84. The van der Waals surface area contributed by atoms with E-state index in [2.05, 4.69) is 16.0 Å². The lowest BCUT2D eigenvalue weighted by Gasteiger charge is -2.34. The van der Waals surface area contributed by atoms with Gasteiger partial charge in [0.1, 0.15) is 5.75 Å². The molecule has 0 N–H and O–H groups in total. The second kappa shape index (κ2) is 11.2. The van der Waals surface area contributed by atoms with Crippen LogP contribution in [0.5, 0.6) is 5.75 Å². The minimum absolute atomic E-state index is 0.0649. The molecule has 4 rings (SSSR count). The van der Waals surface area contributed by atoms with Crippen LogP contribution in [0.15, 0.2) is 71.8 Å². The Labute approximate surface area is 213 Å². The first-order chi connectivity index (χ1) is 17.2. The number of piperazine rings is 1. The molecule has 2 aromatic carbocycles. The minimum Gasteiger partial charge on any atom is -0.491 e. The molecule has 0 aliphatic carbocycles. The van der Waals surface area contributed by atoms with Crippen molar-refractivity contribution in [3.63, 3.8) is 0 Å². The molecule has 0 atom stereocenters. The lowest BCUT2D eigenvalue weighted by atomic mass is 10.1. The van der Waals surface area contributed by atoms with Crippen molar-refractivity contribution >= 4 is 15.7 Å². The van der Waals surface area contributed by atoms with Crippen LogP contribution in [0.25, 0.3) is 11.3 Å². The topological polar surface area (TPSA) is 79.8 Å². The summed E-state index contributed by atoms with van der Waals surface area (Å²) in [5.41, 5.74) is 3.54. The molecule has 1 aliphatic rings. The average molecular weight is 508 g/mol. The molecule has 2 heterocycles. The van der Waals surface area contributed by atoms with Crippen LogP contribution in [-0.4, -0.2) is 74.2 Å². The van der Waals surface area contributed by atoms with E-state index in [1.807, 2.05) is 55.3 Å². The molecule has 1 fully saturated rings. The van der Waals surface area contributed by atoms with Crippen LogP contribution in [0.1, 0.15) is 29.8 Å². The maximum atomic E-state index is 12.9. The van der Waals surface area contributed by atoms with Gasteiger partial charge in [-0.15, -0.1) is 0 Å². The predicted molar refractivity (Wildman–Crippen MR) is 141 cm³/mol. The van der Waals surface area contributed by atoms with Crippen LogP contribution in [0, 0.1) is 0 Å². The summed E-state index contributed by atoms with van der Waals surface area (Å²) in [5.74, 6) is 0.842. The summed E-state index contributed by atoms with van der Waals surface area (Å²) in [6.45, 7) is 7.99. The highest BCUT2D eigenvalue weighted by Gasteiger charge is 2.22. The van der Waals surface area contributed by atoms with E-state index in [0.717, 1.165) is 48.6 Å². The van der Waals surface area contributed by atoms with Crippen LogP contribution in [-0.2, 0) is 16.3 Å². The lowest BCUT2D eigenvalue weighted by Crippen LogP contribution is -2.49. The molecule has 1 aliphatic heterocycles. The number of aromatic nitrogens is 1. The normalized spacial score (nSPS) is 14.7. The van der Waals surface area contributed by atoms with Crippen LogP contribution >= 0.6 is 0 Å². The molecule has 36 heavy (non-hydrogen) atoms. The van der Waals surface area contributed by atoms with Gasteiger partial charge in [-0.1, -0.05) is 18.2 Å². The van der Waals surface area contributed by atoms with Gasteiger partial charge in [0.2, 0.25) is 0 Å². The minimum atomic E-state index is -3.21. The van der Waals surface area contributed by atoms with Crippen molar-refractivity contribution in [2.45, 2.75) is 31.3 Å². The first-order valence-corrected chi connectivity index (χ1v) is 14.1. The molecule has 0 spiro atoms. The van der Waals surface area contributed by atoms with E-state index < -0.39 is 9.84 Å². The van der Waals surface area contributed by atoms with Gasteiger partial charge in [-0.05, 0) is 68.3 Å². The zero-order valence-corrected chi connectivity index (χ0v) is 21.9. The molecule has 1 aromatic heterocycles. The third-order valence-electron chi connectivity index (χ3n) is 6.25. The highest BCUT2D eigenvalue weighted by molar-refractivity contribution is 7.90. The molecule has 7 nitrogen and oxygen atoms in total. The fourth-order valence-electron chi connectivity index (χ4n) is 4.21. The Kier molecular flexibility index (Phi) is 8.06. The summed E-state index contributed by atoms with van der Waals surface area (Å²) >= 11 is 0. The first-order valence-electron chi connectivity index (χ1n) is 12.2. The largest absolute Gasteiger partial charge is 0.491 e.